The third kappa shape index (κ3) is 4.37. The minimum absolute atomic E-state index is 0.419. The number of nitriles is 1. The van der Waals surface area contributed by atoms with Crippen molar-refractivity contribution in [3.63, 3.8) is 0 Å². The molecule has 0 atom stereocenters. The first-order valence-electron chi connectivity index (χ1n) is 15.5. The molecule has 216 valence electrons. The Morgan fingerprint density at radius 3 is 1.48 bits per heavy atom. The summed E-state index contributed by atoms with van der Waals surface area (Å²) >= 11 is 0. The van der Waals surface area contributed by atoms with Crippen LogP contribution < -0.4 is 25.6 Å². The fourth-order valence-electron chi connectivity index (χ4n) is 7.06. The van der Waals surface area contributed by atoms with Gasteiger partial charge in [-0.3, -0.25) is 0 Å². The Morgan fingerprint density at radius 2 is 0.935 bits per heavy atom. The second kappa shape index (κ2) is 11.5. The molecule has 1 aliphatic heterocycles. The minimum atomic E-state index is -2.67. The second-order valence-corrected chi connectivity index (χ2v) is 15.2. The third-order valence-corrected chi connectivity index (χ3v) is 13.9. The van der Waals surface area contributed by atoms with Crippen LogP contribution in [0.25, 0.3) is 22.3 Å². The monoisotopic (exact) mass is 603 g/mol. The van der Waals surface area contributed by atoms with Gasteiger partial charge in [0.15, 0.2) is 8.07 Å². The maximum Gasteiger partial charge on any atom is 0.184 e. The van der Waals surface area contributed by atoms with Gasteiger partial charge in [-0.05, 0) is 62.2 Å². The number of rotatable bonds is 5. The summed E-state index contributed by atoms with van der Waals surface area (Å²) in [5.41, 5.74) is 8.33. The van der Waals surface area contributed by atoms with E-state index in [2.05, 4.69) is 174 Å². The quantitative estimate of drug-likeness (QED) is 0.192. The van der Waals surface area contributed by atoms with Gasteiger partial charge in [-0.1, -0.05) is 140 Å². The van der Waals surface area contributed by atoms with E-state index in [0.29, 0.717) is 5.69 Å². The summed E-state index contributed by atoms with van der Waals surface area (Å²) in [5, 5.41) is 14.7. The first-order chi connectivity index (χ1) is 22.8. The van der Waals surface area contributed by atoms with Gasteiger partial charge in [-0.15, -0.1) is 0 Å². The van der Waals surface area contributed by atoms with Crippen LogP contribution in [0.4, 0.5) is 17.1 Å². The highest BCUT2D eigenvalue weighted by Gasteiger charge is 2.48. The van der Waals surface area contributed by atoms with Crippen molar-refractivity contribution in [1.29, 1.82) is 5.26 Å². The van der Waals surface area contributed by atoms with Crippen molar-refractivity contribution in [3.05, 3.63) is 182 Å². The van der Waals surface area contributed by atoms with Crippen LogP contribution in [0.15, 0.2) is 176 Å². The number of hydrogen-bond acceptors (Lipinski definition) is 3. The van der Waals surface area contributed by atoms with E-state index in [4.69, 9.17) is 5.26 Å². The van der Waals surface area contributed by atoms with Gasteiger partial charge in [0.1, 0.15) is 11.8 Å². The lowest BCUT2D eigenvalue weighted by Gasteiger charge is -2.45. The van der Waals surface area contributed by atoms with Crippen LogP contribution in [-0.2, 0) is 0 Å². The highest BCUT2D eigenvalue weighted by atomic mass is 28.3. The molecule has 6 aromatic carbocycles. The van der Waals surface area contributed by atoms with E-state index in [0.717, 1.165) is 27.9 Å². The van der Waals surface area contributed by atoms with E-state index in [1.165, 1.54) is 32.1 Å². The molecular formula is C42H29N3Si. The fraction of sp³-hybridized carbons (Fsp3) is 0. The van der Waals surface area contributed by atoms with Gasteiger partial charge in [0.25, 0.3) is 0 Å². The lowest BCUT2D eigenvalue weighted by Crippen LogP contribution is -2.77. The SMILES string of the molecule is N#Cc1ccc(-c2ccc(-c3ccccc3N3c4ccccc4[Si](c4ccccc4)(c4ccccc4)c4ccccc43)cc2)cn1. The molecule has 2 heterocycles. The molecule has 1 aromatic heterocycles. The molecule has 8 rings (SSSR count). The van der Waals surface area contributed by atoms with Crippen molar-refractivity contribution in [3.8, 4) is 28.3 Å². The van der Waals surface area contributed by atoms with Crippen molar-refractivity contribution < 1.29 is 0 Å². The lowest BCUT2D eigenvalue weighted by molar-refractivity contribution is 1.26. The van der Waals surface area contributed by atoms with E-state index in [9.17, 15) is 0 Å². The number of benzene rings is 6. The molecule has 0 unspecified atom stereocenters. The molecule has 0 spiro atoms. The Labute approximate surface area is 270 Å². The van der Waals surface area contributed by atoms with E-state index >= 15 is 0 Å². The van der Waals surface area contributed by atoms with Gasteiger partial charge in [-0.25, -0.2) is 4.98 Å². The largest absolute Gasteiger partial charge is 0.310 e. The number of hydrogen-bond donors (Lipinski definition) is 0. The first-order valence-corrected chi connectivity index (χ1v) is 17.5. The number of aromatic nitrogens is 1. The maximum absolute atomic E-state index is 9.15. The molecule has 3 nitrogen and oxygen atoms in total. The van der Waals surface area contributed by atoms with Crippen molar-refractivity contribution in [2.75, 3.05) is 4.90 Å². The zero-order valence-corrected chi connectivity index (χ0v) is 26.1. The molecule has 0 N–H and O–H groups in total. The van der Waals surface area contributed by atoms with Gasteiger partial charge < -0.3 is 4.90 Å². The van der Waals surface area contributed by atoms with Gasteiger partial charge in [-0.2, -0.15) is 5.26 Å². The minimum Gasteiger partial charge on any atom is -0.310 e. The average Bonchev–Trinajstić information content (AvgIpc) is 3.15. The molecule has 0 saturated carbocycles. The first kappa shape index (κ1) is 27.5. The molecule has 0 fully saturated rings. The molecule has 0 radical (unpaired) electrons. The summed E-state index contributed by atoms with van der Waals surface area (Å²) in [5.74, 6) is 0. The molecule has 46 heavy (non-hydrogen) atoms. The van der Waals surface area contributed by atoms with Crippen LogP contribution in [0.1, 0.15) is 5.69 Å². The van der Waals surface area contributed by atoms with Crippen LogP contribution in [-0.4, -0.2) is 13.1 Å². The van der Waals surface area contributed by atoms with Crippen LogP contribution in [0.5, 0.6) is 0 Å². The van der Waals surface area contributed by atoms with E-state index < -0.39 is 8.07 Å². The highest BCUT2D eigenvalue weighted by Crippen LogP contribution is 2.43. The van der Waals surface area contributed by atoms with Gasteiger partial charge in [0.2, 0.25) is 0 Å². The molecule has 7 aromatic rings. The zero-order chi connectivity index (χ0) is 30.9. The Kier molecular flexibility index (Phi) is 6.87. The summed E-state index contributed by atoms with van der Waals surface area (Å²) < 4.78 is 0. The molecule has 4 heteroatoms. The molecule has 0 saturated heterocycles. The number of pyridine rings is 1. The van der Waals surface area contributed by atoms with E-state index in [-0.39, 0.29) is 0 Å². The molecule has 0 bridgehead atoms. The maximum atomic E-state index is 9.15. The highest BCUT2D eigenvalue weighted by molar-refractivity contribution is 7.21. The normalized spacial score (nSPS) is 12.9. The summed E-state index contributed by atoms with van der Waals surface area (Å²) in [6.07, 6.45) is 1.76. The Bertz CT molecular complexity index is 2110. The number of anilines is 3. The molecule has 0 amide bonds. The third-order valence-electron chi connectivity index (χ3n) is 9.06. The second-order valence-electron chi connectivity index (χ2n) is 11.5. The molecule has 1 aliphatic rings. The molecular weight excluding hydrogens is 575 g/mol. The molecule has 0 aliphatic carbocycles. The van der Waals surface area contributed by atoms with Crippen molar-refractivity contribution in [2.24, 2.45) is 0 Å². The standard InChI is InChI=1S/C42H29N3Si/c43-29-34-28-27-33(30-44-34)31-23-25-32(26-24-31)37-17-7-8-18-38(37)45-39-19-9-11-21-41(39)46(35-13-3-1-4-14-35,36-15-5-2-6-16-36)42-22-12-10-20-40(42)45/h1-28,30H. The predicted molar refractivity (Wildman–Crippen MR) is 192 cm³/mol. The number of fused-ring (bicyclic) bond motifs is 2. The summed E-state index contributed by atoms with van der Waals surface area (Å²) in [7, 11) is -2.67. The topological polar surface area (TPSA) is 39.9 Å². The summed E-state index contributed by atoms with van der Waals surface area (Å²) in [6.45, 7) is 0. The van der Waals surface area contributed by atoms with E-state index in [1.54, 1.807) is 12.3 Å². The number of nitrogens with zero attached hydrogens (tertiary/aromatic N) is 3. The average molecular weight is 604 g/mol. The van der Waals surface area contributed by atoms with Crippen LogP contribution in [0.3, 0.4) is 0 Å². The summed E-state index contributed by atoms with van der Waals surface area (Å²) in [6, 6.07) is 63.4. The van der Waals surface area contributed by atoms with Crippen LogP contribution in [0.2, 0.25) is 0 Å². The van der Waals surface area contributed by atoms with Crippen LogP contribution >= 0.6 is 0 Å². The Hall–Kier alpha value is -6.02. The van der Waals surface area contributed by atoms with Gasteiger partial charge in [0, 0.05) is 28.7 Å². The van der Waals surface area contributed by atoms with Gasteiger partial charge in [0.05, 0.1) is 5.69 Å². The Balaban J connectivity index is 1.33. The van der Waals surface area contributed by atoms with Gasteiger partial charge >= 0.3 is 0 Å². The van der Waals surface area contributed by atoms with Crippen molar-refractivity contribution in [1.82, 2.24) is 4.98 Å². The zero-order valence-electron chi connectivity index (χ0n) is 25.1. The van der Waals surface area contributed by atoms with Crippen molar-refractivity contribution in [2.45, 2.75) is 0 Å². The number of para-hydroxylation sites is 3. The van der Waals surface area contributed by atoms with E-state index in [1.807, 2.05) is 6.07 Å². The van der Waals surface area contributed by atoms with Crippen molar-refractivity contribution >= 4 is 45.9 Å². The van der Waals surface area contributed by atoms with Crippen LogP contribution in [0, 0.1) is 11.3 Å². The smallest absolute Gasteiger partial charge is 0.184 e. The summed E-state index contributed by atoms with van der Waals surface area (Å²) in [4.78, 5) is 6.73. The Morgan fingerprint density at radius 1 is 0.457 bits per heavy atom. The lowest BCUT2D eigenvalue weighted by atomic mass is 9.98. The predicted octanol–water partition coefficient (Wildman–Crippen LogP) is 7.45. The fourth-order valence-corrected chi connectivity index (χ4v) is 12.2.